The van der Waals surface area contributed by atoms with Crippen LogP contribution >= 0.6 is 24.8 Å². The summed E-state index contributed by atoms with van der Waals surface area (Å²) in [7, 11) is 0. The van der Waals surface area contributed by atoms with Gasteiger partial charge < -0.3 is 21.4 Å². The number of aromatic amines is 1. The number of benzene rings is 2. The summed E-state index contributed by atoms with van der Waals surface area (Å²) in [5.74, 6) is -0.473. The number of fused-ring (bicyclic) bond motifs is 1. The number of carbonyl (C=O) groups is 2. The Balaban J connectivity index is 0.00000225. The van der Waals surface area contributed by atoms with Crippen LogP contribution in [0.3, 0.4) is 0 Å². The fourth-order valence-corrected chi connectivity index (χ4v) is 2.88. The minimum absolute atomic E-state index is 0. The fourth-order valence-electron chi connectivity index (χ4n) is 2.88. The molecule has 0 bridgehead atoms. The summed E-state index contributed by atoms with van der Waals surface area (Å²) in [5, 5.41) is 5.71. The van der Waals surface area contributed by atoms with E-state index in [0.29, 0.717) is 23.4 Å². The quantitative estimate of drug-likeness (QED) is 0.435. The average molecular weight is 452 g/mol. The van der Waals surface area contributed by atoms with Gasteiger partial charge in [-0.05, 0) is 49.2 Å². The van der Waals surface area contributed by atoms with E-state index in [9.17, 15) is 9.59 Å². The van der Waals surface area contributed by atoms with Crippen LogP contribution in [0.1, 0.15) is 47.4 Å². The molecule has 0 aliphatic rings. The van der Waals surface area contributed by atoms with E-state index in [1.165, 1.54) is 0 Å². The summed E-state index contributed by atoms with van der Waals surface area (Å²) in [5.41, 5.74) is 8.93. The molecule has 2 amide bonds. The van der Waals surface area contributed by atoms with Crippen molar-refractivity contribution in [1.82, 2.24) is 15.3 Å². The highest BCUT2D eigenvalue weighted by molar-refractivity contribution is 6.06. The van der Waals surface area contributed by atoms with Gasteiger partial charge in [0, 0.05) is 28.9 Å². The summed E-state index contributed by atoms with van der Waals surface area (Å²) in [4.78, 5) is 32.1. The minimum Gasteiger partial charge on any atom is -0.350 e. The predicted molar refractivity (Wildman–Crippen MR) is 125 cm³/mol. The molecule has 0 saturated carbocycles. The van der Waals surface area contributed by atoms with Gasteiger partial charge in [-0.15, -0.1) is 24.8 Å². The maximum Gasteiger partial charge on any atom is 0.255 e. The highest BCUT2D eigenvalue weighted by Crippen LogP contribution is 2.16. The molecular formula is C21H27Cl2N5O2. The van der Waals surface area contributed by atoms with E-state index in [0.717, 1.165) is 23.9 Å². The molecule has 0 radical (unpaired) electrons. The number of aromatic nitrogens is 2. The van der Waals surface area contributed by atoms with Crippen molar-refractivity contribution in [3.05, 3.63) is 59.9 Å². The van der Waals surface area contributed by atoms with E-state index in [4.69, 9.17) is 5.73 Å². The van der Waals surface area contributed by atoms with Crippen LogP contribution in [-0.4, -0.2) is 33.9 Å². The Morgan fingerprint density at radius 3 is 2.43 bits per heavy atom. The number of rotatable bonds is 7. The molecule has 0 atom stereocenters. The summed E-state index contributed by atoms with van der Waals surface area (Å²) in [6, 6.07) is 12.1. The van der Waals surface area contributed by atoms with E-state index in [-0.39, 0.29) is 36.6 Å². The zero-order valence-electron chi connectivity index (χ0n) is 16.9. The topological polar surface area (TPSA) is 113 Å². The average Bonchev–Trinajstić information content (AvgIpc) is 3.19. The van der Waals surface area contributed by atoms with Gasteiger partial charge in [-0.1, -0.05) is 19.9 Å². The molecule has 5 N–H and O–H groups in total. The number of hydrogen-bond donors (Lipinski definition) is 4. The van der Waals surface area contributed by atoms with Gasteiger partial charge in [0.05, 0.1) is 17.4 Å². The van der Waals surface area contributed by atoms with Gasteiger partial charge >= 0.3 is 0 Å². The number of H-pyrrole nitrogens is 1. The fraction of sp³-hybridized carbons (Fsp3) is 0.286. The summed E-state index contributed by atoms with van der Waals surface area (Å²) in [6.07, 6.45) is 3.14. The maximum atomic E-state index is 12.5. The molecule has 7 nitrogen and oxygen atoms in total. The van der Waals surface area contributed by atoms with Crippen molar-refractivity contribution in [3.63, 3.8) is 0 Å². The minimum atomic E-state index is -0.410. The van der Waals surface area contributed by atoms with E-state index in [1.54, 1.807) is 48.8 Å². The van der Waals surface area contributed by atoms with Crippen molar-refractivity contribution in [2.45, 2.75) is 32.2 Å². The molecule has 9 heteroatoms. The second-order valence-electron chi connectivity index (χ2n) is 6.92. The van der Waals surface area contributed by atoms with E-state index >= 15 is 0 Å². The largest absolute Gasteiger partial charge is 0.350 e. The number of nitrogens with zero attached hydrogens (tertiary/aromatic N) is 1. The number of nitrogens with two attached hydrogens (primary N) is 1. The predicted octanol–water partition coefficient (Wildman–Crippen LogP) is 3.91. The Morgan fingerprint density at radius 1 is 1.03 bits per heavy atom. The van der Waals surface area contributed by atoms with Crippen LogP contribution in [0, 0.1) is 0 Å². The van der Waals surface area contributed by atoms with Gasteiger partial charge in [0.15, 0.2) is 0 Å². The Kier molecular flexibility index (Phi) is 9.29. The van der Waals surface area contributed by atoms with Crippen LogP contribution < -0.4 is 16.4 Å². The lowest BCUT2D eigenvalue weighted by atomic mass is 9.94. The van der Waals surface area contributed by atoms with Gasteiger partial charge in [-0.3, -0.25) is 9.59 Å². The Hall–Kier alpha value is -2.61. The van der Waals surface area contributed by atoms with Crippen molar-refractivity contribution >= 4 is 53.3 Å². The number of hydrogen-bond acceptors (Lipinski definition) is 4. The van der Waals surface area contributed by atoms with Crippen molar-refractivity contribution in [1.29, 1.82) is 0 Å². The monoisotopic (exact) mass is 451 g/mol. The van der Waals surface area contributed by atoms with Gasteiger partial charge in [-0.2, -0.15) is 0 Å². The number of imidazole rings is 1. The third-order valence-electron chi connectivity index (χ3n) is 5.07. The van der Waals surface area contributed by atoms with Crippen LogP contribution in [-0.2, 0) is 0 Å². The first-order valence-corrected chi connectivity index (χ1v) is 9.36. The number of carbonyl (C=O) groups excluding carboxylic acids is 2. The van der Waals surface area contributed by atoms with E-state index in [1.807, 2.05) is 13.8 Å². The SMILES string of the molecule is CCC(N)(CC)CNC(=O)c1cccc(NC(=O)c2ccc3nc[nH]c3c2)c1.Cl.Cl. The van der Waals surface area contributed by atoms with Crippen molar-refractivity contribution < 1.29 is 9.59 Å². The molecule has 0 aliphatic heterocycles. The lowest BCUT2D eigenvalue weighted by Crippen LogP contribution is -2.49. The van der Waals surface area contributed by atoms with Gasteiger partial charge in [0.2, 0.25) is 0 Å². The van der Waals surface area contributed by atoms with Gasteiger partial charge in [0.1, 0.15) is 0 Å². The molecule has 3 aromatic rings. The lowest BCUT2D eigenvalue weighted by Gasteiger charge is -2.26. The van der Waals surface area contributed by atoms with Crippen molar-refractivity contribution in [3.8, 4) is 0 Å². The van der Waals surface area contributed by atoms with Crippen LogP contribution in [0.25, 0.3) is 11.0 Å². The zero-order chi connectivity index (χ0) is 20.1. The highest BCUT2D eigenvalue weighted by atomic mass is 35.5. The summed E-state index contributed by atoms with van der Waals surface area (Å²) < 4.78 is 0. The molecule has 1 heterocycles. The van der Waals surface area contributed by atoms with E-state index in [2.05, 4.69) is 20.6 Å². The molecule has 0 saturated heterocycles. The van der Waals surface area contributed by atoms with Gasteiger partial charge in [-0.25, -0.2) is 4.98 Å². The molecule has 0 unspecified atom stereocenters. The Morgan fingerprint density at radius 2 is 1.73 bits per heavy atom. The molecule has 30 heavy (non-hydrogen) atoms. The zero-order valence-corrected chi connectivity index (χ0v) is 18.5. The smallest absolute Gasteiger partial charge is 0.255 e. The molecule has 3 rings (SSSR count). The normalized spacial score (nSPS) is 10.6. The Labute approximate surface area is 188 Å². The van der Waals surface area contributed by atoms with Gasteiger partial charge in [0.25, 0.3) is 11.8 Å². The first kappa shape index (κ1) is 25.4. The van der Waals surface area contributed by atoms with Crippen LogP contribution in [0.15, 0.2) is 48.8 Å². The number of amides is 2. The molecule has 2 aromatic carbocycles. The van der Waals surface area contributed by atoms with Crippen molar-refractivity contribution in [2.24, 2.45) is 5.73 Å². The molecule has 0 spiro atoms. The first-order valence-electron chi connectivity index (χ1n) is 9.36. The number of nitrogens with one attached hydrogen (secondary N) is 3. The summed E-state index contributed by atoms with van der Waals surface area (Å²) in [6.45, 7) is 4.42. The highest BCUT2D eigenvalue weighted by Gasteiger charge is 2.21. The van der Waals surface area contributed by atoms with Crippen LogP contribution in [0.2, 0.25) is 0 Å². The number of halogens is 2. The second-order valence-corrected chi connectivity index (χ2v) is 6.92. The second kappa shape index (κ2) is 11.0. The summed E-state index contributed by atoms with van der Waals surface area (Å²) >= 11 is 0. The third-order valence-corrected chi connectivity index (χ3v) is 5.07. The Bertz CT molecular complexity index is 1000. The van der Waals surface area contributed by atoms with Crippen LogP contribution in [0.5, 0.6) is 0 Å². The molecular weight excluding hydrogens is 425 g/mol. The number of anilines is 1. The third kappa shape index (κ3) is 5.95. The molecule has 0 aliphatic carbocycles. The molecule has 1 aromatic heterocycles. The first-order chi connectivity index (χ1) is 13.4. The van der Waals surface area contributed by atoms with E-state index < -0.39 is 5.54 Å². The van der Waals surface area contributed by atoms with Crippen molar-refractivity contribution in [2.75, 3.05) is 11.9 Å². The molecule has 162 valence electrons. The lowest BCUT2D eigenvalue weighted by molar-refractivity contribution is 0.0941. The standard InChI is InChI=1S/C21H25N5O2.2ClH/c1-3-21(22,4-2)12-23-19(27)14-6-5-7-16(10-14)26-20(28)15-8-9-17-18(11-15)25-13-24-17;;/h5-11,13H,3-4,12,22H2,1-2H3,(H,23,27)(H,24,25)(H,26,28);2*1H. The maximum absolute atomic E-state index is 12.5. The molecule has 0 fully saturated rings. The van der Waals surface area contributed by atoms with Crippen LogP contribution in [0.4, 0.5) is 5.69 Å².